The first-order valence-corrected chi connectivity index (χ1v) is 39.4. The Hall–Kier alpha value is -15.5. The molecule has 0 amide bonds. The smallest absolute Gasteiger partial charge is 0.164 e. The average molecular weight is 1480 g/mol. The van der Waals surface area contributed by atoms with Crippen molar-refractivity contribution in [3.63, 3.8) is 0 Å². The second-order valence-corrected chi connectivity index (χ2v) is 30.8. The van der Waals surface area contributed by atoms with Crippen molar-refractivity contribution in [3.8, 4) is 113 Å². The maximum absolute atomic E-state index is 7.24. The third kappa shape index (κ3) is 9.85. The Labute approximate surface area is 665 Å². The summed E-state index contributed by atoms with van der Waals surface area (Å²) >= 11 is 0. The molecule has 7 heterocycles. The van der Waals surface area contributed by atoms with E-state index in [1.54, 1.807) is 0 Å². The van der Waals surface area contributed by atoms with Crippen LogP contribution in [0.4, 0.5) is 0 Å². The molecule has 0 radical (unpaired) electrons. The van der Waals surface area contributed by atoms with Crippen molar-refractivity contribution in [2.45, 2.75) is 19.3 Å². The lowest BCUT2D eigenvalue weighted by Crippen LogP contribution is -2.18. The van der Waals surface area contributed by atoms with Gasteiger partial charge in [-0.15, -0.1) is 0 Å². The van der Waals surface area contributed by atoms with Gasteiger partial charge < -0.3 is 22.7 Å². The van der Waals surface area contributed by atoms with Crippen LogP contribution in [0.25, 0.3) is 222 Å². The zero-order valence-corrected chi connectivity index (χ0v) is 63.0. The molecule has 542 valence electrons. The molecule has 1 aliphatic carbocycles. The Bertz CT molecular complexity index is 7960. The van der Waals surface area contributed by atoms with Crippen LogP contribution in [0.2, 0.25) is 0 Å². The van der Waals surface area contributed by atoms with Crippen LogP contribution in [-0.2, 0) is 5.41 Å². The minimum Gasteiger partial charge on any atom is -0.454 e. The minimum absolute atomic E-state index is 0.440. The van der Waals surface area contributed by atoms with Gasteiger partial charge in [0.05, 0.1) is 55.5 Å². The third-order valence-corrected chi connectivity index (χ3v) is 24.0. The molecule has 0 spiro atoms. The molecule has 11 nitrogen and oxygen atoms in total. The second kappa shape index (κ2) is 25.3. The largest absolute Gasteiger partial charge is 0.454 e. The molecule has 7 aromatic heterocycles. The van der Waals surface area contributed by atoms with Gasteiger partial charge in [0.25, 0.3) is 0 Å². The average Bonchev–Trinajstić information content (AvgIpc) is 1.54. The highest BCUT2D eigenvalue weighted by Crippen LogP contribution is 2.56. The highest BCUT2D eigenvalue weighted by molar-refractivity contribution is 6.23. The summed E-state index contributed by atoms with van der Waals surface area (Å²) in [5, 5.41) is 11.2. The maximum atomic E-state index is 7.24. The van der Waals surface area contributed by atoms with Gasteiger partial charge in [0.2, 0.25) is 0 Å². The fourth-order valence-electron chi connectivity index (χ4n) is 18.8. The summed E-state index contributed by atoms with van der Waals surface area (Å²) in [5.41, 5.74) is 26.3. The van der Waals surface area contributed by atoms with Gasteiger partial charge in [0.15, 0.2) is 40.5 Å². The number of furan rings is 1. The topological polar surface area (TPSA) is 110 Å². The van der Waals surface area contributed by atoms with E-state index in [-0.39, 0.29) is 0 Å². The maximum Gasteiger partial charge on any atom is 0.164 e. The minimum atomic E-state index is -0.440. The molecule has 0 aliphatic heterocycles. The van der Waals surface area contributed by atoms with Crippen molar-refractivity contribution in [1.82, 2.24) is 48.2 Å². The molecule has 16 aromatic carbocycles. The van der Waals surface area contributed by atoms with E-state index in [0.717, 1.165) is 144 Å². The summed E-state index contributed by atoms with van der Waals surface area (Å²) in [6.45, 7) is 4.75. The standard InChI is InChI=1S/C105H66N10O/c1-105(2)83-43-23-18-41-74(83)95-76(53-56-88(97(95)105)114-86-46-26-21-40-73(86)81-59-79-71-38-19-24-44-84(71)112(90(79)61-92(81)114)69-34-14-6-15-35-69)103-108-101(66-32-12-5-13-33-66)107-102(111-103)67-50-48-63(49-51-67)68-52-55-87-78(58-68)82-60-80-72-39-20-25-45-85(72)113(70-36-16-7-17-37-70)91(80)62-93(82)115(87)89-57-54-77(96-75-42-22-27-47-94(75)116-98(89)96)104-109-99(64-28-8-3-9-29-64)106-100(110-104)65-30-10-4-11-31-65/h3-62H,1-2H3. The predicted molar refractivity (Wildman–Crippen MR) is 473 cm³/mol. The highest BCUT2D eigenvalue weighted by atomic mass is 16.3. The first-order chi connectivity index (χ1) is 57.3. The van der Waals surface area contributed by atoms with E-state index in [9.17, 15) is 0 Å². The van der Waals surface area contributed by atoms with Crippen molar-refractivity contribution in [1.29, 1.82) is 0 Å². The quantitative estimate of drug-likeness (QED) is 0.127. The number of hydrogen-bond donors (Lipinski definition) is 0. The van der Waals surface area contributed by atoms with Gasteiger partial charge in [-0.2, -0.15) is 0 Å². The summed E-state index contributed by atoms with van der Waals surface area (Å²) < 4.78 is 17.0. The number of benzene rings is 16. The zero-order valence-electron chi connectivity index (χ0n) is 63.0. The Morgan fingerprint density at radius 3 is 1.16 bits per heavy atom. The molecule has 11 heteroatoms. The van der Waals surface area contributed by atoms with E-state index >= 15 is 0 Å². The Morgan fingerprint density at radius 2 is 0.612 bits per heavy atom. The molecule has 0 saturated heterocycles. The van der Waals surface area contributed by atoms with Crippen LogP contribution in [0.5, 0.6) is 0 Å². The molecule has 0 atom stereocenters. The molecule has 0 unspecified atom stereocenters. The molecule has 24 rings (SSSR count). The van der Waals surface area contributed by atoms with Gasteiger partial charge in [-0.05, 0) is 143 Å². The highest BCUT2D eigenvalue weighted by Gasteiger charge is 2.41. The van der Waals surface area contributed by atoms with Crippen molar-refractivity contribution >= 4 is 109 Å². The SMILES string of the molecule is CC1(C)c2ccccc2-c2c(-c3nc(-c4ccccc4)nc(-c4ccc(-c5ccc6c(c5)c5cc7c8ccccc8n(-c8ccccc8)c7cc5n6-c5ccc(-c6nc(-c7ccccc7)nc(-c7ccccc7)n6)c6c5oc5ccccc56)cc4)n3)ccc(-n3c4ccccc4c4cc5c6ccccc6n(-c6ccccc6)c5cc43)c21. The molecule has 1 aliphatic rings. The van der Waals surface area contributed by atoms with E-state index in [1.165, 1.54) is 49.1 Å². The Kier molecular flexibility index (Phi) is 14.2. The van der Waals surface area contributed by atoms with Crippen LogP contribution in [0, 0.1) is 0 Å². The molecule has 23 aromatic rings. The molecule has 116 heavy (non-hydrogen) atoms. The molecule has 0 N–H and O–H groups in total. The first-order valence-electron chi connectivity index (χ1n) is 39.4. The first kappa shape index (κ1) is 65.3. The van der Waals surface area contributed by atoms with Crippen molar-refractivity contribution in [2.75, 3.05) is 0 Å². The zero-order chi connectivity index (χ0) is 76.4. The Morgan fingerprint density at radius 1 is 0.241 bits per heavy atom. The molecular formula is C105H66N10O. The van der Waals surface area contributed by atoms with E-state index in [2.05, 4.69) is 317 Å². The summed E-state index contributed by atoms with van der Waals surface area (Å²) in [6.07, 6.45) is 0. The van der Waals surface area contributed by atoms with E-state index < -0.39 is 5.41 Å². The fraction of sp³-hybridized carbons (Fsp3) is 0.0286. The van der Waals surface area contributed by atoms with Crippen LogP contribution in [0.1, 0.15) is 25.0 Å². The van der Waals surface area contributed by atoms with E-state index in [4.69, 9.17) is 34.3 Å². The van der Waals surface area contributed by atoms with Crippen LogP contribution >= 0.6 is 0 Å². The normalized spacial score (nSPS) is 12.6. The molecule has 0 saturated carbocycles. The summed E-state index contributed by atoms with van der Waals surface area (Å²) in [6, 6.07) is 130. The van der Waals surface area contributed by atoms with E-state index in [0.29, 0.717) is 40.5 Å². The molecule has 0 bridgehead atoms. The lowest BCUT2D eigenvalue weighted by Gasteiger charge is -2.26. The summed E-state index contributed by atoms with van der Waals surface area (Å²) in [7, 11) is 0. The van der Waals surface area contributed by atoms with Gasteiger partial charge in [0, 0.05) is 104 Å². The van der Waals surface area contributed by atoms with Crippen molar-refractivity contribution < 1.29 is 4.42 Å². The van der Waals surface area contributed by atoms with Crippen LogP contribution in [-0.4, -0.2) is 48.2 Å². The lowest BCUT2D eigenvalue weighted by atomic mass is 9.81. The fourth-order valence-corrected chi connectivity index (χ4v) is 18.8. The van der Waals surface area contributed by atoms with Crippen LogP contribution in [0.15, 0.2) is 368 Å². The Balaban J connectivity index is 0.676. The van der Waals surface area contributed by atoms with Gasteiger partial charge in [0.1, 0.15) is 5.58 Å². The number of nitrogens with zero attached hydrogens (tertiary/aromatic N) is 10. The van der Waals surface area contributed by atoms with Gasteiger partial charge in [-0.1, -0.05) is 269 Å². The van der Waals surface area contributed by atoms with Crippen molar-refractivity contribution in [2.24, 2.45) is 0 Å². The number of para-hydroxylation sites is 6. The van der Waals surface area contributed by atoms with Crippen molar-refractivity contribution in [3.05, 3.63) is 375 Å². The monoisotopic (exact) mass is 1480 g/mol. The summed E-state index contributed by atoms with van der Waals surface area (Å²) in [5.74, 6) is 3.49. The molecule has 0 fully saturated rings. The predicted octanol–water partition coefficient (Wildman–Crippen LogP) is 26.3. The van der Waals surface area contributed by atoms with Crippen LogP contribution in [0.3, 0.4) is 0 Å². The lowest BCUT2D eigenvalue weighted by molar-refractivity contribution is 0.656. The number of hydrogen-bond acceptors (Lipinski definition) is 7. The number of aromatic nitrogens is 10. The van der Waals surface area contributed by atoms with Crippen LogP contribution < -0.4 is 0 Å². The van der Waals surface area contributed by atoms with E-state index in [1.807, 2.05) is 78.9 Å². The second-order valence-electron chi connectivity index (χ2n) is 30.8. The number of rotatable bonds is 11. The summed E-state index contributed by atoms with van der Waals surface area (Å²) in [4.78, 5) is 32.2. The van der Waals surface area contributed by atoms with Gasteiger partial charge in [-0.3, -0.25) is 0 Å². The third-order valence-electron chi connectivity index (χ3n) is 24.0. The number of fused-ring (bicyclic) bond motifs is 18. The molecular weight excluding hydrogens is 1420 g/mol. The van der Waals surface area contributed by atoms with Gasteiger partial charge in [-0.25, -0.2) is 29.9 Å². The van der Waals surface area contributed by atoms with Gasteiger partial charge >= 0.3 is 0 Å².